The van der Waals surface area contributed by atoms with Crippen LogP contribution in [0.5, 0.6) is 0 Å². The standard InChI is InChI=1S/C16H16N2O2/c1-11-5-6-12(9-18-16(17)20)8-15(11)14-4-2-3-13(7-14)10-19/h2-8,10H,9H2,1H3,(H3,17,18,20). The molecule has 0 aliphatic carbocycles. The number of benzene rings is 2. The van der Waals surface area contributed by atoms with Gasteiger partial charge in [-0.3, -0.25) is 4.79 Å². The zero-order chi connectivity index (χ0) is 14.5. The van der Waals surface area contributed by atoms with Crippen molar-refractivity contribution < 1.29 is 9.59 Å². The monoisotopic (exact) mass is 268 g/mol. The number of carbonyl (C=O) groups is 2. The SMILES string of the molecule is Cc1ccc(CNC(N)=O)cc1-c1cccc(C=O)c1. The van der Waals surface area contributed by atoms with Gasteiger partial charge in [-0.05, 0) is 41.3 Å². The Kier molecular flexibility index (Phi) is 4.15. The normalized spacial score (nSPS) is 10.1. The van der Waals surface area contributed by atoms with E-state index in [2.05, 4.69) is 5.32 Å². The maximum atomic E-state index is 10.9. The van der Waals surface area contributed by atoms with Gasteiger partial charge in [-0.15, -0.1) is 0 Å². The van der Waals surface area contributed by atoms with Crippen molar-refractivity contribution in [3.63, 3.8) is 0 Å². The molecular weight excluding hydrogens is 252 g/mol. The fraction of sp³-hybridized carbons (Fsp3) is 0.125. The molecule has 0 saturated carbocycles. The molecule has 0 fully saturated rings. The molecule has 20 heavy (non-hydrogen) atoms. The molecule has 3 N–H and O–H groups in total. The molecule has 0 aliphatic rings. The minimum atomic E-state index is -0.546. The zero-order valence-corrected chi connectivity index (χ0v) is 11.2. The van der Waals surface area contributed by atoms with E-state index in [1.807, 2.05) is 43.3 Å². The molecule has 2 aromatic rings. The molecule has 102 valence electrons. The fourth-order valence-corrected chi connectivity index (χ4v) is 2.06. The first kappa shape index (κ1) is 13.8. The van der Waals surface area contributed by atoms with Crippen molar-refractivity contribution in [1.29, 1.82) is 0 Å². The second-order valence-corrected chi connectivity index (χ2v) is 4.61. The predicted molar refractivity (Wildman–Crippen MR) is 78.4 cm³/mol. The number of aryl methyl sites for hydroxylation is 1. The number of rotatable bonds is 4. The maximum Gasteiger partial charge on any atom is 0.312 e. The van der Waals surface area contributed by atoms with Crippen LogP contribution in [0.25, 0.3) is 11.1 Å². The molecule has 0 spiro atoms. The summed E-state index contributed by atoms with van der Waals surface area (Å²) in [6.45, 7) is 2.39. The van der Waals surface area contributed by atoms with Crippen LogP contribution in [0.4, 0.5) is 4.79 Å². The van der Waals surface area contributed by atoms with E-state index in [4.69, 9.17) is 5.73 Å². The smallest absolute Gasteiger partial charge is 0.312 e. The van der Waals surface area contributed by atoms with E-state index in [0.29, 0.717) is 12.1 Å². The van der Waals surface area contributed by atoms with Crippen LogP contribution in [0.1, 0.15) is 21.5 Å². The second-order valence-electron chi connectivity index (χ2n) is 4.61. The summed E-state index contributed by atoms with van der Waals surface area (Å²) in [6, 6.07) is 12.8. The molecule has 2 aromatic carbocycles. The summed E-state index contributed by atoms with van der Waals surface area (Å²) in [5.41, 5.74) is 9.80. The van der Waals surface area contributed by atoms with Gasteiger partial charge >= 0.3 is 6.03 Å². The number of hydrogen-bond donors (Lipinski definition) is 2. The van der Waals surface area contributed by atoms with Gasteiger partial charge in [-0.2, -0.15) is 0 Å². The molecule has 2 amide bonds. The topological polar surface area (TPSA) is 72.2 Å². The first-order valence-corrected chi connectivity index (χ1v) is 6.28. The number of amides is 2. The van der Waals surface area contributed by atoms with Gasteiger partial charge in [0.05, 0.1) is 0 Å². The average Bonchev–Trinajstić information content (AvgIpc) is 2.46. The Morgan fingerprint density at radius 2 is 2.05 bits per heavy atom. The van der Waals surface area contributed by atoms with E-state index in [1.54, 1.807) is 6.07 Å². The lowest BCUT2D eigenvalue weighted by atomic mass is 9.97. The Hall–Kier alpha value is -2.62. The quantitative estimate of drug-likeness (QED) is 0.837. The number of carbonyl (C=O) groups excluding carboxylic acids is 2. The van der Waals surface area contributed by atoms with Crippen LogP contribution >= 0.6 is 0 Å². The Morgan fingerprint density at radius 3 is 2.75 bits per heavy atom. The van der Waals surface area contributed by atoms with Gasteiger partial charge in [-0.25, -0.2) is 4.79 Å². The predicted octanol–water partition coefficient (Wildman–Crippen LogP) is 2.64. The van der Waals surface area contributed by atoms with E-state index < -0.39 is 6.03 Å². The van der Waals surface area contributed by atoms with Crippen molar-refractivity contribution in [1.82, 2.24) is 5.32 Å². The molecule has 4 heteroatoms. The third-order valence-corrected chi connectivity index (χ3v) is 3.10. The highest BCUT2D eigenvalue weighted by Gasteiger charge is 2.05. The zero-order valence-electron chi connectivity index (χ0n) is 11.2. The summed E-state index contributed by atoms with van der Waals surface area (Å²) in [4.78, 5) is 21.6. The van der Waals surface area contributed by atoms with Crippen molar-refractivity contribution in [2.75, 3.05) is 0 Å². The third-order valence-electron chi connectivity index (χ3n) is 3.10. The molecule has 4 nitrogen and oxygen atoms in total. The van der Waals surface area contributed by atoms with Crippen molar-refractivity contribution in [2.45, 2.75) is 13.5 Å². The maximum absolute atomic E-state index is 10.9. The van der Waals surface area contributed by atoms with Crippen LogP contribution < -0.4 is 11.1 Å². The van der Waals surface area contributed by atoms with Crippen LogP contribution in [0.2, 0.25) is 0 Å². The molecule has 0 saturated heterocycles. The molecule has 0 aromatic heterocycles. The largest absolute Gasteiger partial charge is 0.352 e. The number of nitrogens with two attached hydrogens (primary N) is 1. The number of urea groups is 1. The molecule has 2 rings (SSSR count). The van der Waals surface area contributed by atoms with Crippen LogP contribution in [-0.4, -0.2) is 12.3 Å². The van der Waals surface area contributed by atoms with Crippen molar-refractivity contribution >= 4 is 12.3 Å². The van der Waals surface area contributed by atoms with Crippen LogP contribution in [0.15, 0.2) is 42.5 Å². The Morgan fingerprint density at radius 1 is 1.25 bits per heavy atom. The van der Waals surface area contributed by atoms with Gasteiger partial charge in [-0.1, -0.05) is 30.3 Å². The summed E-state index contributed by atoms with van der Waals surface area (Å²) >= 11 is 0. The van der Waals surface area contributed by atoms with Crippen LogP contribution in [-0.2, 0) is 6.54 Å². The molecule has 0 aliphatic heterocycles. The number of aldehydes is 1. The highest BCUT2D eigenvalue weighted by atomic mass is 16.2. The fourth-order valence-electron chi connectivity index (χ4n) is 2.06. The lowest BCUT2D eigenvalue weighted by Crippen LogP contribution is -2.28. The van der Waals surface area contributed by atoms with Crippen molar-refractivity contribution in [3.8, 4) is 11.1 Å². The first-order chi connectivity index (χ1) is 9.60. The van der Waals surface area contributed by atoms with Gasteiger partial charge in [0.15, 0.2) is 0 Å². The Bertz CT molecular complexity index is 651. The van der Waals surface area contributed by atoms with Gasteiger partial charge in [0.1, 0.15) is 6.29 Å². The lowest BCUT2D eigenvalue weighted by Gasteiger charge is -2.10. The van der Waals surface area contributed by atoms with Gasteiger partial charge in [0.2, 0.25) is 0 Å². The highest BCUT2D eigenvalue weighted by Crippen LogP contribution is 2.25. The van der Waals surface area contributed by atoms with Crippen LogP contribution in [0, 0.1) is 6.92 Å². The minimum Gasteiger partial charge on any atom is -0.352 e. The summed E-state index contributed by atoms with van der Waals surface area (Å²) in [5, 5.41) is 2.57. The highest BCUT2D eigenvalue weighted by molar-refractivity contribution is 5.79. The Balaban J connectivity index is 2.36. The van der Waals surface area contributed by atoms with Crippen LogP contribution in [0.3, 0.4) is 0 Å². The number of primary amides is 1. The summed E-state index contributed by atoms with van der Waals surface area (Å²) in [5.74, 6) is 0. The molecule has 0 atom stereocenters. The van der Waals surface area contributed by atoms with E-state index >= 15 is 0 Å². The van der Waals surface area contributed by atoms with Gasteiger partial charge < -0.3 is 11.1 Å². The minimum absolute atomic E-state index is 0.385. The van der Waals surface area contributed by atoms with Gasteiger partial charge in [0, 0.05) is 12.1 Å². The van der Waals surface area contributed by atoms with E-state index in [1.165, 1.54) is 0 Å². The first-order valence-electron chi connectivity index (χ1n) is 6.28. The number of hydrogen-bond acceptors (Lipinski definition) is 2. The summed E-state index contributed by atoms with van der Waals surface area (Å²) in [7, 11) is 0. The molecule has 0 heterocycles. The van der Waals surface area contributed by atoms with E-state index in [9.17, 15) is 9.59 Å². The molecular formula is C16H16N2O2. The lowest BCUT2D eigenvalue weighted by molar-refractivity contribution is 0.112. The van der Waals surface area contributed by atoms with E-state index in [-0.39, 0.29) is 0 Å². The molecule has 0 radical (unpaired) electrons. The number of nitrogens with one attached hydrogen (secondary N) is 1. The van der Waals surface area contributed by atoms with Crippen molar-refractivity contribution in [3.05, 3.63) is 59.2 Å². The van der Waals surface area contributed by atoms with Crippen molar-refractivity contribution in [2.24, 2.45) is 5.73 Å². The van der Waals surface area contributed by atoms with E-state index in [0.717, 1.165) is 28.5 Å². The second kappa shape index (κ2) is 6.02. The average molecular weight is 268 g/mol. The molecule has 0 bridgehead atoms. The summed E-state index contributed by atoms with van der Waals surface area (Å²) in [6.07, 6.45) is 0.831. The summed E-state index contributed by atoms with van der Waals surface area (Å²) < 4.78 is 0. The Labute approximate surface area is 117 Å². The van der Waals surface area contributed by atoms with Gasteiger partial charge in [0.25, 0.3) is 0 Å². The molecule has 0 unspecified atom stereocenters. The third kappa shape index (κ3) is 3.23.